The normalized spacial score (nSPS) is 10.3. The number of esters is 1. The van der Waals surface area contributed by atoms with Gasteiger partial charge in [0.1, 0.15) is 0 Å². The quantitative estimate of drug-likeness (QED) is 0.390. The number of ether oxygens (including phenoxy) is 1. The maximum Gasteiger partial charge on any atom is 0.311 e. The topological polar surface area (TPSA) is 107 Å². The summed E-state index contributed by atoms with van der Waals surface area (Å²) < 4.78 is 4.94. The number of aryl methyl sites for hydroxylation is 1. The number of benzene rings is 2. The van der Waals surface area contributed by atoms with Crippen LogP contribution in [-0.2, 0) is 11.2 Å². The highest BCUT2D eigenvalue weighted by molar-refractivity contribution is 5.74. The molecular weight excluding hydrogens is 276 g/mol. The lowest BCUT2D eigenvalue weighted by atomic mass is 10.1. The van der Waals surface area contributed by atoms with Crippen LogP contribution in [0.25, 0.3) is 0 Å². The standard InChI is InChI=1S/C15H14O6/c16-10-6-4-9(8-12(10)18)5-7-14(19)21-13-3-1-2-11(17)15(13)20/h1-4,6,8,16-18,20H,5,7H2. The zero-order valence-electron chi connectivity index (χ0n) is 11.0. The predicted molar refractivity (Wildman–Crippen MR) is 73.5 cm³/mol. The van der Waals surface area contributed by atoms with Crippen molar-refractivity contribution in [2.75, 3.05) is 0 Å². The van der Waals surface area contributed by atoms with E-state index in [1.807, 2.05) is 0 Å². The van der Waals surface area contributed by atoms with Crippen molar-refractivity contribution in [3.05, 3.63) is 42.0 Å². The molecule has 0 atom stereocenters. The van der Waals surface area contributed by atoms with E-state index in [9.17, 15) is 25.2 Å². The van der Waals surface area contributed by atoms with Gasteiger partial charge in [-0.05, 0) is 36.2 Å². The number of phenolic OH excluding ortho intramolecular Hbond substituents is 4. The van der Waals surface area contributed by atoms with Crippen LogP contribution >= 0.6 is 0 Å². The van der Waals surface area contributed by atoms with Crippen LogP contribution in [0, 0.1) is 0 Å². The van der Waals surface area contributed by atoms with E-state index < -0.39 is 11.7 Å². The van der Waals surface area contributed by atoms with Crippen molar-refractivity contribution < 1.29 is 30.0 Å². The number of carbonyl (C=O) groups excluding carboxylic acids is 1. The third kappa shape index (κ3) is 3.56. The van der Waals surface area contributed by atoms with Gasteiger partial charge in [-0.2, -0.15) is 0 Å². The van der Waals surface area contributed by atoms with Crippen LogP contribution in [0.1, 0.15) is 12.0 Å². The Morgan fingerprint density at radius 3 is 2.43 bits per heavy atom. The van der Waals surface area contributed by atoms with Gasteiger partial charge in [0, 0.05) is 6.42 Å². The molecule has 2 aromatic rings. The van der Waals surface area contributed by atoms with E-state index in [1.165, 1.54) is 30.3 Å². The Balaban J connectivity index is 1.96. The molecule has 0 bridgehead atoms. The maximum atomic E-state index is 11.7. The van der Waals surface area contributed by atoms with Crippen LogP contribution in [-0.4, -0.2) is 26.4 Å². The average molecular weight is 290 g/mol. The Morgan fingerprint density at radius 1 is 0.952 bits per heavy atom. The minimum atomic E-state index is -0.594. The number of rotatable bonds is 4. The van der Waals surface area contributed by atoms with E-state index in [2.05, 4.69) is 0 Å². The summed E-state index contributed by atoms with van der Waals surface area (Å²) in [6, 6.07) is 8.33. The number of hydrogen-bond acceptors (Lipinski definition) is 6. The third-order valence-corrected chi connectivity index (χ3v) is 2.86. The van der Waals surface area contributed by atoms with Crippen LogP contribution in [0.4, 0.5) is 0 Å². The number of carbonyl (C=O) groups is 1. The maximum absolute atomic E-state index is 11.7. The second kappa shape index (κ2) is 6.04. The Morgan fingerprint density at radius 2 is 1.71 bits per heavy atom. The lowest BCUT2D eigenvalue weighted by molar-refractivity contribution is -0.134. The first kappa shape index (κ1) is 14.5. The van der Waals surface area contributed by atoms with Crippen molar-refractivity contribution in [2.45, 2.75) is 12.8 Å². The molecule has 0 spiro atoms. The number of aromatic hydroxyl groups is 4. The summed E-state index contributed by atoms with van der Waals surface area (Å²) in [5.41, 5.74) is 0.655. The minimum absolute atomic E-state index is 0.0132. The average Bonchev–Trinajstić information content (AvgIpc) is 2.45. The molecule has 4 N–H and O–H groups in total. The summed E-state index contributed by atoms with van der Waals surface area (Å²) in [5, 5.41) is 37.3. The fraction of sp³-hybridized carbons (Fsp3) is 0.133. The minimum Gasteiger partial charge on any atom is -0.504 e. The summed E-state index contributed by atoms with van der Waals surface area (Å²) in [4.78, 5) is 11.7. The van der Waals surface area contributed by atoms with Crippen molar-refractivity contribution in [1.29, 1.82) is 0 Å². The van der Waals surface area contributed by atoms with Crippen molar-refractivity contribution in [3.8, 4) is 28.7 Å². The van der Waals surface area contributed by atoms with Gasteiger partial charge < -0.3 is 25.2 Å². The van der Waals surface area contributed by atoms with Crippen LogP contribution in [0.5, 0.6) is 28.7 Å². The smallest absolute Gasteiger partial charge is 0.311 e. The molecule has 21 heavy (non-hydrogen) atoms. The monoisotopic (exact) mass is 290 g/mol. The highest BCUT2D eigenvalue weighted by atomic mass is 16.5. The number of para-hydroxylation sites is 1. The molecule has 0 radical (unpaired) electrons. The van der Waals surface area contributed by atoms with E-state index in [-0.39, 0.29) is 29.4 Å². The van der Waals surface area contributed by atoms with Gasteiger partial charge in [0.2, 0.25) is 5.75 Å². The Hall–Kier alpha value is -2.89. The summed E-state index contributed by atoms with van der Waals surface area (Å²) in [6.45, 7) is 0. The highest BCUT2D eigenvalue weighted by Crippen LogP contribution is 2.34. The van der Waals surface area contributed by atoms with Crippen LogP contribution in [0.2, 0.25) is 0 Å². The second-order valence-corrected chi connectivity index (χ2v) is 4.42. The van der Waals surface area contributed by atoms with Crippen molar-refractivity contribution in [1.82, 2.24) is 0 Å². The van der Waals surface area contributed by atoms with Crippen molar-refractivity contribution in [2.24, 2.45) is 0 Å². The number of hydrogen-bond donors (Lipinski definition) is 4. The van der Waals surface area contributed by atoms with Gasteiger partial charge in [0.05, 0.1) is 0 Å². The molecule has 0 heterocycles. The first-order valence-corrected chi connectivity index (χ1v) is 6.20. The van der Waals surface area contributed by atoms with E-state index in [4.69, 9.17) is 4.74 Å². The molecule has 6 nitrogen and oxygen atoms in total. The SMILES string of the molecule is O=C(CCc1ccc(O)c(O)c1)Oc1cccc(O)c1O. The Labute approximate surface area is 120 Å². The molecule has 0 fully saturated rings. The van der Waals surface area contributed by atoms with Crippen LogP contribution in [0.15, 0.2) is 36.4 Å². The molecule has 6 heteroatoms. The molecular formula is C15H14O6. The molecule has 110 valence electrons. The summed E-state index contributed by atoms with van der Waals surface area (Å²) in [7, 11) is 0. The lowest BCUT2D eigenvalue weighted by Gasteiger charge is -2.07. The molecule has 0 unspecified atom stereocenters. The van der Waals surface area contributed by atoms with E-state index in [0.717, 1.165) is 0 Å². The molecule has 0 aliphatic rings. The van der Waals surface area contributed by atoms with Gasteiger partial charge >= 0.3 is 5.97 Å². The molecule has 0 saturated carbocycles. The molecule has 2 aromatic carbocycles. The summed E-state index contributed by atoms with van der Waals surface area (Å²) in [6.07, 6.45) is 0.311. The Bertz CT molecular complexity index is 665. The Kier molecular flexibility index (Phi) is 4.18. The fourth-order valence-electron chi connectivity index (χ4n) is 1.74. The second-order valence-electron chi connectivity index (χ2n) is 4.42. The number of phenols is 4. The van der Waals surface area contributed by atoms with Crippen LogP contribution < -0.4 is 4.74 Å². The van der Waals surface area contributed by atoms with E-state index in [1.54, 1.807) is 6.07 Å². The zero-order valence-corrected chi connectivity index (χ0v) is 11.0. The van der Waals surface area contributed by atoms with Gasteiger partial charge in [-0.15, -0.1) is 0 Å². The largest absolute Gasteiger partial charge is 0.504 e. The molecule has 2 rings (SSSR count). The van der Waals surface area contributed by atoms with Gasteiger partial charge in [-0.3, -0.25) is 4.79 Å². The first-order chi connectivity index (χ1) is 9.97. The zero-order chi connectivity index (χ0) is 15.4. The van der Waals surface area contributed by atoms with Crippen molar-refractivity contribution >= 4 is 5.97 Å². The third-order valence-electron chi connectivity index (χ3n) is 2.86. The fourth-order valence-corrected chi connectivity index (χ4v) is 1.74. The van der Waals surface area contributed by atoms with Crippen molar-refractivity contribution in [3.63, 3.8) is 0 Å². The van der Waals surface area contributed by atoms with Gasteiger partial charge in [-0.1, -0.05) is 12.1 Å². The molecule has 0 aliphatic heterocycles. The summed E-state index contributed by atoms with van der Waals surface area (Å²) in [5.74, 6) is -2.06. The van der Waals surface area contributed by atoms with Gasteiger partial charge in [-0.25, -0.2) is 0 Å². The molecule has 0 amide bonds. The highest BCUT2D eigenvalue weighted by Gasteiger charge is 2.12. The first-order valence-electron chi connectivity index (χ1n) is 6.20. The summed E-state index contributed by atoms with van der Waals surface area (Å²) >= 11 is 0. The van der Waals surface area contributed by atoms with Gasteiger partial charge in [0.15, 0.2) is 23.0 Å². The van der Waals surface area contributed by atoms with E-state index >= 15 is 0 Å². The van der Waals surface area contributed by atoms with Crippen LogP contribution in [0.3, 0.4) is 0 Å². The molecule has 0 aromatic heterocycles. The lowest BCUT2D eigenvalue weighted by Crippen LogP contribution is -2.09. The van der Waals surface area contributed by atoms with E-state index in [0.29, 0.717) is 12.0 Å². The molecule has 0 saturated heterocycles. The van der Waals surface area contributed by atoms with Gasteiger partial charge in [0.25, 0.3) is 0 Å². The molecule has 0 aliphatic carbocycles. The predicted octanol–water partition coefficient (Wildman–Crippen LogP) is 2.05.